The molecule has 0 bridgehead atoms. The summed E-state index contributed by atoms with van der Waals surface area (Å²) in [6, 6.07) is 0. The molecule has 1 saturated carbocycles. The zero-order valence-corrected chi connectivity index (χ0v) is 9.62. The number of hydrogen-bond donors (Lipinski definition) is 1. The van der Waals surface area contributed by atoms with Gasteiger partial charge in [-0.2, -0.15) is 0 Å². The smallest absolute Gasteiger partial charge is 0.230 e. The Morgan fingerprint density at radius 2 is 2.27 bits per heavy atom. The highest BCUT2D eigenvalue weighted by Gasteiger charge is 2.29. The highest BCUT2D eigenvalue weighted by molar-refractivity contribution is 8.00. The molecule has 0 unspecified atom stereocenters. The molecule has 6 heteroatoms. The van der Waals surface area contributed by atoms with Gasteiger partial charge >= 0.3 is 0 Å². The summed E-state index contributed by atoms with van der Waals surface area (Å²) in [5.41, 5.74) is 5.20. The van der Waals surface area contributed by atoms with E-state index in [1.54, 1.807) is 6.92 Å². The van der Waals surface area contributed by atoms with Crippen molar-refractivity contribution >= 4 is 17.7 Å². The normalized spacial score (nSPS) is 17.7. The van der Waals surface area contributed by atoms with Gasteiger partial charge in [-0.1, -0.05) is 11.8 Å². The first kappa shape index (κ1) is 10.5. The van der Waals surface area contributed by atoms with Gasteiger partial charge in [0.1, 0.15) is 5.82 Å². The van der Waals surface area contributed by atoms with E-state index in [2.05, 4.69) is 10.2 Å². The Kier molecular flexibility index (Phi) is 2.68. The maximum absolute atomic E-state index is 10.9. The lowest BCUT2D eigenvalue weighted by molar-refractivity contribution is -0.117. The Morgan fingerprint density at radius 1 is 1.60 bits per heavy atom. The lowest BCUT2D eigenvalue weighted by atomic mass is 10.4. The van der Waals surface area contributed by atoms with E-state index in [1.807, 2.05) is 11.6 Å². The summed E-state index contributed by atoms with van der Waals surface area (Å²) in [6.07, 6.45) is 2.39. The van der Waals surface area contributed by atoms with Crippen molar-refractivity contribution in [1.82, 2.24) is 14.8 Å². The Hall–Kier alpha value is -1.04. The third-order valence-electron chi connectivity index (χ3n) is 2.49. The third kappa shape index (κ3) is 2.14. The second-order valence-electron chi connectivity index (χ2n) is 3.84. The summed E-state index contributed by atoms with van der Waals surface area (Å²) in [5.74, 6) is 1.27. The predicted molar refractivity (Wildman–Crippen MR) is 57.5 cm³/mol. The van der Waals surface area contributed by atoms with Crippen LogP contribution in [0.3, 0.4) is 0 Å². The van der Waals surface area contributed by atoms with E-state index in [1.165, 1.54) is 24.6 Å². The van der Waals surface area contributed by atoms with Crippen LogP contribution in [0.25, 0.3) is 0 Å². The molecule has 1 aliphatic rings. The molecule has 1 atom stereocenters. The number of carbonyl (C=O) groups is 1. The van der Waals surface area contributed by atoms with Crippen LogP contribution < -0.4 is 5.73 Å². The van der Waals surface area contributed by atoms with Crippen LogP contribution in [-0.4, -0.2) is 25.9 Å². The average Bonchev–Trinajstić information content (AvgIpc) is 2.95. The number of carbonyl (C=O) groups excluding carboxylic acids is 1. The number of nitrogens with zero attached hydrogens (tertiary/aromatic N) is 3. The van der Waals surface area contributed by atoms with Crippen LogP contribution in [0.15, 0.2) is 5.16 Å². The van der Waals surface area contributed by atoms with Crippen LogP contribution in [0, 0.1) is 0 Å². The topological polar surface area (TPSA) is 73.8 Å². The molecule has 82 valence electrons. The van der Waals surface area contributed by atoms with E-state index >= 15 is 0 Å². The van der Waals surface area contributed by atoms with Crippen LogP contribution in [0.4, 0.5) is 0 Å². The van der Waals surface area contributed by atoms with Crippen molar-refractivity contribution < 1.29 is 4.79 Å². The van der Waals surface area contributed by atoms with E-state index in [-0.39, 0.29) is 11.2 Å². The zero-order valence-electron chi connectivity index (χ0n) is 8.80. The second kappa shape index (κ2) is 3.84. The largest absolute Gasteiger partial charge is 0.369 e. The number of hydrogen-bond acceptors (Lipinski definition) is 4. The van der Waals surface area contributed by atoms with Crippen LogP contribution in [0.1, 0.15) is 31.5 Å². The zero-order chi connectivity index (χ0) is 11.0. The van der Waals surface area contributed by atoms with Gasteiger partial charge in [0.25, 0.3) is 0 Å². The van der Waals surface area contributed by atoms with E-state index < -0.39 is 0 Å². The quantitative estimate of drug-likeness (QED) is 0.765. The molecule has 2 rings (SSSR count). The fraction of sp³-hybridized carbons (Fsp3) is 0.667. The number of primary amides is 1. The van der Waals surface area contributed by atoms with Gasteiger partial charge in [-0.05, 0) is 19.8 Å². The van der Waals surface area contributed by atoms with Crippen LogP contribution in [0.2, 0.25) is 0 Å². The van der Waals surface area contributed by atoms with Gasteiger partial charge in [-0.3, -0.25) is 4.79 Å². The minimum atomic E-state index is -0.323. The van der Waals surface area contributed by atoms with Crippen molar-refractivity contribution in [3.05, 3.63) is 5.82 Å². The summed E-state index contributed by atoms with van der Waals surface area (Å²) in [4.78, 5) is 10.9. The number of aromatic nitrogens is 3. The Labute approximate surface area is 92.4 Å². The van der Waals surface area contributed by atoms with Gasteiger partial charge in [-0.15, -0.1) is 10.2 Å². The first-order valence-corrected chi connectivity index (χ1v) is 5.83. The van der Waals surface area contributed by atoms with E-state index in [9.17, 15) is 4.79 Å². The number of rotatable bonds is 4. The molecule has 0 spiro atoms. The fourth-order valence-corrected chi connectivity index (χ4v) is 2.11. The molecule has 1 aromatic rings. The van der Waals surface area contributed by atoms with Crippen LogP contribution in [-0.2, 0) is 11.8 Å². The molecule has 0 aliphatic heterocycles. The maximum atomic E-state index is 10.9. The summed E-state index contributed by atoms with van der Waals surface area (Å²) >= 11 is 1.36. The Bertz CT molecular complexity index is 385. The number of thioether (sulfide) groups is 1. The summed E-state index contributed by atoms with van der Waals surface area (Å²) in [6.45, 7) is 1.78. The Balaban J connectivity index is 2.11. The van der Waals surface area contributed by atoms with Gasteiger partial charge in [0.05, 0.1) is 5.25 Å². The third-order valence-corrected chi connectivity index (χ3v) is 3.65. The molecule has 1 heterocycles. The molecule has 1 aromatic heterocycles. The summed E-state index contributed by atoms with van der Waals surface area (Å²) in [5, 5.41) is 8.70. The number of amides is 1. The minimum absolute atomic E-state index is 0.264. The van der Waals surface area contributed by atoms with Crippen molar-refractivity contribution in [3.8, 4) is 0 Å². The van der Waals surface area contributed by atoms with E-state index in [0.717, 1.165) is 11.0 Å². The monoisotopic (exact) mass is 226 g/mol. The van der Waals surface area contributed by atoms with Crippen molar-refractivity contribution in [1.29, 1.82) is 0 Å². The number of nitrogens with two attached hydrogens (primary N) is 1. The summed E-state index contributed by atoms with van der Waals surface area (Å²) in [7, 11) is 1.93. The minimum Gasteiger partial charge on any atom is -0.369 e. The van der Waals surface area contributed by atoms with Crippen molar-refractivity contribution in [2.45, 2.75) is 36.1 Å². The standard InChI is InChI=1S/C9H14N4OS/c1-5(7(10)14)15-9-12-11-8(13(9)2)6-3-4-6/h5-6H,3-4H2,1-2H3,(H2,10,14)/t5-/m0/s1. The van der Waals surface area contributed by atoms with Crippen LogP contribution in [0.5, 0.6) is 0 Å². The Morgan fingerprint density at radius 3 is 2.80 bits per heavy atom. The van der Waals surface area contributed by atoms with Gasteiger partial charge in [-0.25, -0.2) is 0 Å². The average molecular weight is 226 g/mol. The SMILES string of the molecule is C[C@H](Sc1nnc(C2CC2)n1C)C(N)=O. The highest BCUT2D eigenvalue weighted by Crippen LogP contribution is 2.39. The van der Waals surface area contributed by atoms with Gasteiger partial charge in [0.15, 0.2) is 5.16 Å². The van der Waals surface area contributed by atoms with Gasteiger partial charge < -0.3 is 10.3 Å². The lowest BCUT2D eigenvalue weighted by Crippen LogP contribution is -2.23. The second-order valence-corrected chi connectivity index (χ2v) is 5.14. The molecule has 15 heavy (non-hydrogen) atoms. The first-order chi connectivity index (χ1) is 7.09. The molecule has 5 nitrogen and oxygen atoms in total. The molecule has 0 radical (unpaired) electrons. The highest BCUT2D eigenvalue weighted by atomic mass is 32.2. The lowest BCUT2D eigenvalue weighted by Gasteiger charge is -2.06. The molecule has 1 fully saturated rings. The van der Waals surface area contributed by atoms with E-state index in [4.69, 9.17) is 5.73 Å². The maximum Gasteiger partial charge on any atom is 0.230 e. The molecule has 2 N–H and O–H groups in total. The molecule has 0 aromatic carbocycles. The summed E-state index contributed by atoms with van der Waals surface area (Å²) < 4.78 is 1.96. The molecular formula is C9H14N4OS. The van der Waals surface area contributed by atoms with Crippen molar-refractivity contribution in [2.24, 2.45) is 12.8 Å². The van der Waals surface area contributed by atoms with Crippen LogP contribution >= 0.6 is 11.8 Å². The molecular weight excluding hydrogens is 212 g/mol. The van der Waals surface area contributed by atoms with Crippen molar-refractivity contribution in [3.63, 3.8) is 0 Å². The molecule has 0 saturated heterocycles. The first-order valence-electron chi connectivity index (χ1n) is 4.95. The van der Waals surface area contributed by atoms with E-state index in [0.29, 0.717) is 5.92 Å². The van der Waals surface area contributed by atoms with Crippen molar-refractivity contribution in [2.75, 3.05) is 0 Å². The molecule has 1 aliphatic carbocycles. The van der Waals surface area contributed by atoms with Gasteiger partial charge in [0, 0.05) is 13.0 Å². The predicted octanol–water partition coefficient (Wildman–Crippen LogP) is 0.658. The molecule has 1 amide bonds. The van der Waals surface area contributed by atoms with Gasteiger partial charge in [0.2, 0.25) is 5.91 Å². The fourth-order valence-electron chi connectivity index (χ4n) is 1.34.